The topological polar surface area (TPSA) is 62.2 Å². The number of aryl methyl sites for hydroxylation is 2. The number of phenolic OH excluding ortho intramolecular Hbond substituents is 1. The Bertz CT molecular complexity index is 1150. The van der Waals surface area contributed by atoms with Crippen LogP contribution in [0, 0.1) is 19.8 Å². The van der Waals surface area contributed by atoms with Gasteiger partial charge in [0.25, 0.3) is 0 Å². The molecular formula is C28H36ClF3N3O2+. The number of nitrogens with one attached hydrogen (secondary N) is 1. The molecule has 0 bridgehead atoms. The summed E-state index contributed by atoms with van der Waals surface area (Å²) in [6, 6.07) is 4.96. The Labute approximate surface area is 221 Å². The number of hydrogen-bond acceptors (Lipinski definition) is 3. The minimum Gasteiger partial charge on any atom is -0.508 e. The molecule has 1 aromatic heterocycles. The molecule has 5 nitrogen and oxygen atoms in total. The summed E-state index contributed by atoms with van der Waals surface area (Å²) < 4.78 is 42.6. The van der Waals surface area contributed by atoms with Crippen LogP contribution in [0.25, 0.3) is 5.57 Å². The van der Waals surface area contributed by atoms with Gasteiger partial charge in [0.05, 0.1) is 38.6 Å². The zero-order valence-corrected chi connectivity index (χ0v) is 22.8. The number of likely N-dealkylation sites (N-methyl/N-ethyl adjacent to an activating group) is 1. The van der Waals surface area contributed by atoms with Gasteiger partial charge in [0.2, 0.25) is 5.91 Å². The molecule has 0 spiro atoms. The number of quaternary nitrogens is 1. The van der Waals surface area contributed by atoms with Gasteiger partial charge >= 0.3 is 6.18 Å². The van der Waals surface area contributed by atoms with E-state index in [1.807, 2.05) is 20.8 Å². The van der Waals surface area contributed by atoms with Gasteiger partial charge in [0.15, 0.2) is 0 Å². The molecule has 1 fully saturated rings. The third-order valence-corrected chi connectivity index (χ3v) is 7.62. The Morgan fingerprint density at radius 2 is 1.81 bits per heavy atom. The molecule has 1 heterocycles. The van der Waals surface area contributed by atoms with Gasteiger partial charge in [-0.1, -0.05) is 11.6 Å². The lowest BCUT2D eigenvalue weighted by atomic mass is 9.94. The van der Waals surface area contributed by atoms with E-state index in [0.29, 0.717) is 23.9 Å². The number of carbonyl (C=O) groups excluding carboxylic acids is 1. The Morgan fingerprint density at radius 3 is 2.35 bits per heavy atom. The molecule has 1 amide bonds. The first-order valence-corrected chi connectivity index (χ1v) is 12.9. The maximum atomic E-state index is 14.0. The number of carbonyl (C=O) groups is 1. The number of phenols is 1. The Hall–Kier alpha value is -2.58. The van der Waals surface area contributed by atoms with E-state index in [1.54, 1.807) is 12.1 Å². The van der Waals surface area contributed by atoms with Crippen molar-refractivity contribution in [3.05, 3.63) is 63.4 Å². The SMILES string of the molecule is Cc1cc(O)cc(C)c1CC[N+](C)(C)[C@@H](C)CNC(=O)C/C(=C(\C1CC1)C(F)(F)F)c1cncc(Cl)c1. The molecule has 202 valence electrons. The average molecular weight is 539 g/mol. The van der Waals surface area contributed by atoms with Crippen molar-refractivity contribution >= 4 is 23.1 Å². The summed E-state index contributed by atoms with van der Waals surface area (Å²) in [5, 5.41) is 12.9. The molecule has 2 N–H and O–H groups in total. The van der Waals surface area contributed by atoms with E-state index < -0.39 is 23.6 Å². The number of amides is 1. The highest BCUT2D eigenvalue weighted by atomic mass is 35.5. The van der Waals surface area contributed by atoms with Crippen LogP contribution in [0.5, 0.6) is 5.75 Å². The van der Waals surface area contributed by atoms with Gasteiger partial charge in [0, 0.05) is 24.4 Å². The molecule has 0 unspecified atom stereocenters. The first-order valence-electron chi connectivity index (χ1n) is 12.5. The first-order chi connectivity index (χ1) is 17.2. The molecule has 3 rings (SSSR count). The molecule has 1 atom stereocenters. The molecule has 1 aliphatic carbocycles. The van der Waals surface area contributed by atoms with E-state index in [2.05, 4.69) is 24.4 Å². The molecule has 0 aliphatic heterocycles. The molecule has 0 saturated heterocycles. The van der Waals surface area contributed by atoms with Crippen LogP contribution in [-0.4, -0.2) is 59.9 Å². The Balaban J connectivity index is 1.69. The smallest absolute Gasteiger partial charge is 0.413 e. The highest BCUT2D eigenvalue weighted by Crippen LogP contribution is 2.48. The lowest BCUT2D eigenvalue weighted by Gasteiger charge is -2.36. The van der Waals surface area contributed by atoms with Crippen LogP contribution in [0.15, 0.2) is 36.2 Å². The number of nitrogens with zero attached hydrogens (tertiary/aromatic N) is 2. The maximum absolute atomic E-state index is 14.0. The number of alkyl halides is 3. The minimum atomic E-state index is -4.53. The number of pyridine rings is 1. The van der Waals surface area contributed by atoms with E-state index >= 15 is 0 Å². The van der Waals surface area contributed by atoms with Gasteiger partial charge in [-0.05, 0) is 85.6 Å². The van der Waals surface area contributed by atoms with Crippen molar-refractivity contribution in [2.24, 2.45) is 5.92 Å². The average Bonchev–Trinajstić information content (AvgIpc) is 3.60. The standard InChI is InChI=1S/C28H35ClF3N3O2/c1-17-10-23(36)11-18(2)24(17)8-9-35(4,5)19(3)14-34-26(37)13-25(21-12-22(29)16-33-15-21)27(20-6-7-20)28(30,31)32/h10-12,15-16,19-20H,6-9,13-14H2,1-5H3,(H-,34,36,37)/p+1/b27-25-/t19-/m0/s1. The highest BCUT2D eigenvalue weighted by molar-refractivity contribution is 6.30. The third-order valence-electron chi connectivity index (χ3n) is 7.41. The molecule has 1 saturated carbocycles. The van der Waals surface area contributed by atoms with Gasteiger partial charge in [-0.3, -0.25) is 9.78 Å². The van der Waals surface area contributed by atoms with Crippen LogP contribution in [-0.2, 0) is 11.2 Å². The normalized spacial score (nSPS) is 15.8. The summed E-state index contributed by atoms with van der Waals surface area (Å²) in [5.74, 6) is -0.807. The van der Waals surface area contributed by atoms with Crippen LogP contribution < -0.4 is 5.32 Å². The largest absolute Gasteiger partial charge is 0.508 e. The Kier molecular flexibility index (Phi) is 8.96. The predicted octanol–water partition coefficient (Wildman–Crippen LogP) is 6.00. The van der Waals surface area contributed by atoms with Crippen LogP contribution >= 0.6 is 11.6 Å². The second-order valence-electron chi connectivity index (χ2n) is 10.7. The third kappa shape index (κ3) is 7.71. The second-order valence-corrected chi connectivity index (χ2v) is 11.1. The summed E-state index contributed by atoms with van der Waals surface area (Å²) in [5.41, 5.74) is 2.78. The summed E-state index contributed by atoms with van der Waals surface area (Å²) in [6.07, 6.45) is -0.523. The zero-order valence-electron chi connectivity index (χ0n) is 22.0. The van der Waals surface area contributed by atoms with Crippen molar-refractivity contribution in [3.63, 3.8) is 0 Å². The van der Waals surface area contributed by atoms with E-state index in [-0.39, 0.29) is 34.4 Å². The van der Waals surface area contributed by atoms with Crippen molar-refractivity contribution in [2.75, 3.05) is 27.2 Å². The van der Waals surface area contributed by atoms with Gasteiger partial charge < -0.3 is 14.9 Å². The lowest BCUT2D eigenvalue weighted by Crippen LogP contribution is -2.53. The fourth-order valence-electron chi connectivity index (χ4n) is 4.67. The summed E-state index contributed by atoms with van der Waals surface area (Å²) in [6.45, 7) is 7.08. The predicted molar refractivity (Wildman–Crippen MR) is 140 cm³/mol. The van der Waals surface area contributed by atoms with E-state index in [0.717, 1.165) is 24.1 Å². The monoisotopic (exact) mass is 538 g/mol. The molecule has 2 aromatic rings. The molecule has 37 heavy (non-hydrogen) atoms. The van der Waals surface area contributed by atoms with E-state index in [1.165, 1.54) is 24.0 Å². The number of hydrogen-bond donors (Lipinski definition) is 2. The van der Waals surface area contributed by atoms with Crippen molar-refractivity contribution in [1.29, 1.82) is 0 Å². The fraction of sp³-hybridized carbons (Fsp3) is 0.500. The number of aromatic hydroxyl groups is 1. The Morgan fingerprint density at radius 1 is 1.19 bits per heavy atom. The van der Waals surface area contributed by atoms with E-state index in [4.69, 9.17) is 11.6 Å². The molecule has 9 heteroatoms. The van der Waals surface area contributed by atoms with Crippen molar-refractivity contribution in [3.8, 4) is 5.75 Å². The van der Waals surface area contributed by atoms with Crippen LogP contribution in [0.4, 0.5) is 13.2 Å². The van der Waals surface area contributed by atoms with Crippen molar-refractivity contribution in [1.82, 2.24) is 10.3 Å². The molecule has 1 aromatic carbocycles. The van der Waals surface area contributed by atoms with Crippen molar-refractivity contribution < 1.29 is 27.6 Å². The number of benzene rings is 1. The second kappa shape index (κ2) is 11.4. The maximum Gasteiger partial charge on any atom is 0.413 e. The minimum absolute atomic E-state index is 0.0208. The van der Waals surface area contributed by atoms with Crippen LogP contribution in [0.1, 0.15) is 48.4 Å². The lowest BCUT2D eigenvalue weighted by molar-refractivity contribution is -0.911. The molecule has 0 radical (unpaired) electrons. The summed E-state index contributed by atoms with van der Waals surface area (Å²) in [4.78, 5) is 16.9. The number of allylic oxidation sites excluding steroid dienone is 1. The highest BCUT2D eigenvalue weighted by Gasteiger charge is 2.45. The number of rotatable bonds is 10. The van der Waals surface area contributed by atoms with Crippen molar-refractivity contribution in [2.45, 2.75) is 58.7 Å². The molecular weight excluding hydrogens is 503 g/mol. The van der Waals surface area contributed by atoms with Gasteiger partial charge in [-0.2, -0.15) is 13.2 Å². The van der Waals surface area contributed by atoms with E-state index in [9.17, 15) is 23.1 Å². The summed E-state index contributed by atoms with van der Waals surface area (Å²) in [7, 11) is 4.14. The van der Waals surface area contributed by atoms with Gasteiger partial charge in [-0.15, -0.1) is 0 Å². The zero-order chi connectivity index (χ0) is 27.5. The summed E-state index contributed by atoms with van der Waals surface area (Å²) >= 11 is 6.01. The molecule has 1 aliphatic rings. The van der Waals surface area contributed by atoms with Gasteiger partial charge in [-0.25, -0.2) is 0 Å². The van der Waals surface area contributed by atoms with Gasteiger partial charge in [0.1, 0.15) is 11.8 Å². The fourth-order valence-corrected chi connectivity index (χ4v) is 4.84. The number of aromatic nitrogens is 1. The number of halogens is 4. The quantitative estimate of drug-likeness (QED) is 0.365. The van der Waals surface area contributed by atoms with Crippen LogP contribution in [0.3, 0.4) is 0 Å². The van der Waals surface area contributed by atoms with Crippen LogP contribution in [0.2, 0.25) is 5.02 Å². The first kappa shape index (κ1) is 29.0.